The minimum absolute atomic E-state index is 0. The second-order valence-corrected chi connectivity index (χ2v) is 4.74. The molecule has 2 rings (SSSR count). The molecule has 5 nitrogen and oxygen atoms in total. The largest absolute Gasteiger partial charge is 0.340 e. The first kappa shape index (κ1) is 18.2. The summed E-state index contributed by atoms with van der Waals surface area (Å²) in [5, 5.41) is 7.58. The number of rotatable bonds is 3. The van der Waals surface area contributed by atoms with Crippen molar-refractivity contribution in [2.24, 2.45) is 0 Å². The Balaban J connectivity index is 0.00000162. The van der Waals surface area contributed by atoms with Crippen molar-refractivity contribution in [1.82, 2.24) is 20.0 Å². The lowest BCUT2D eigenvalue weighted by molar-refractivity contribution is -0.132. The molecule has 110 valence electrons. The Labute approximate surface area is 126 Å². The summed E-state index contributed by atoms with van der Waals surface area (Å²) in [6, 6.07) is 2.32. The zero-order valence-corrected chi connectivity index (χ0v) is 13.2. The van der Waals surface area contributed by atoms with E-state index in [1.807, 2.05) is 31.9 Å². The molecule has 1 aromatic rings. The van der Waals surface area contributed by atoms with Gasteiger partial charge < -0.3 is 10.2 Å². The lowest BCUT2D eigenvalue weighted by atomic mass is 10.2. The topological polar surface area (TPSA) is 50.2 Å². The zero-order valence-electron chi connectivity index (χ0n) is 11.5. The van der Waals surface area contributed by atoms with E-state index in [1.165, 1.54) is 0 Å². The maximum absolute atomic E-state index is 12.1. The number of aryl methyl sites for hydroxylation is 2. The molecule has 1 fully saturated rings. The van der Waals surface area contributed by atoms with Gasteiger partial charge in [-0.3, -0.25) is 9.48 Å². The van der Waals surface area contributed by atoms with Crippen molar-refractivity contribution in [1.29, 1.82) is 0 Å². The first-order valence-corrected chi connectivity index (χ1v) is 6.05. The summed E-state index contributed by atoms with van der Waals surface area (Å²) in [6.45, 7) is 6.16. The predicted octanol–water partition coefficient (Wildman–Crippen LogP) is 1.16. The molecule has 19 heavy (non-hydrogen) atoms. The summed E-state index contributed by atoms with van der Waals surface area (Å²) < 4.78 is 1.77. The number of nitrogens with zero attached hydrogens (tertiary/aromatic N) is 3. The first-order chi connectivity index (χ1) is 8.08. The second kappa shape index (κ2) is 7.72. The number of halogens is 2. The average Bonchev–Trinajstić information content (AvgIpc) is 2.88. The zero-order chi connectivity index (χ0) is 12.4. The summed E-state index contributed by atoms with van der Waals surface area (Å²) >= 11 is 0. The van der Waals surface area contributed by atoms with E-state index in [0.29, 0.717) is 12.6 Å². The number of likely N-dealkylation sites (N-methyl/N-ethyl adjacent to an activating group) is 1. The second-order valence-electron chi connectivity index (χ2n) is 4.74. The molecule has 1 atom stereocenters. The Morgan fingerprint density at radius 3 is 2.68 bits per heavy atom. The van der Waals surface area contributed by atoms with Gasteiger partial charge in [0.15, 0.2) is 0 Å². The molecule has 0 aromatic carbocycles. The van der Waals surface area contributed by atoms with E-state index in [-0.39, 0.29) is 30.7 Å². The molecule has 0 radical (unpaired) electrons. The fourth-order valence-corrected chi connectivity index (χ4v) is 2.25. The maximum Gasteiger partial charge on any atom is 0.244 e. The van der Waals surface area contributed by atoms with Crippen LogP contribution in [0.1, 0.15) is 17.8 Å². The molecule has 1 aliphatic heterocycles. The van der Waals surface area contributed by atoms with Crippen molar-refractivity contribution in [3.63, 3.8) is 0 Å². The molecule has 7 heteroatoms. The third-order valence-corrected chi connectivity index (χ3v) is 3.36. The van der Waals surface area contributed by atoms with Crippen LogP contribution in [0.3, 0.4) is 0 Å². The lowest BCUT2D eigenvalue weighted by Crippen LogP contribution is -2.40. The maximum atomic E-state index is 12.1. The number of hydrogen-bond donors (Lipinski definition) is 1. The Morgan fingerprint density at radius 1 is 1.53 bits per heavy atom. The summed E-state index contributed by atoms with van der Waals surface area (Å²) in [5.41, 5.74) is 1.99. The third kappa shape index (κ3) is 4.37. The Kier molecular flexibility index (Phi) is 7.41. The SMILES string of the molecule is Cc1cc(C)n(CC(=O)N(C)C2CCNC2)n1.Cl.Cl. The van der Waals surface area contributed by atoms with E-state index in [1.54, 1.807) is 4.68 Å². The molecule has 0 bridgehead atoms. The van der Waals surface area contributed by atoms with Gasteiger partial charge in [-0.2, -0.15) is 5.10 Å². The normalized spacial score (nSPS) is 17.5. The summed E-state index contributed by atoms with van der Waals surface area (Å²) in [7, 11) is 1.88. The molecule has 1 aromatic heterocycles. The number of carbonyl (C=O) groups excluding carboxylic acids is 1. The molecule has 0 saturated carbocycles. The Bertz CT molecular complexity index is 416. The van der Waals surface area contributed by atoms with Crippen LogP contribution in [0.2, 0.25) is 0 Å². The summed E-state index contributed by atoms with van der Waals surface area (Å²) in [4.78, 5) is 13.9. The standard InChI is InChI=1S/C12H20N4O.2ClH/c1-9-6-10(2)16(14-9)8-12(17)15(3)11-4-5-13-7-11;;/h6,11,13H,4-5,7-8H2,1-3H3;2*1H. The van der Waals surface area contributed by atoms with E-state index in [4.69, 9.17) is 0 Å². The average molecular weight is 309 g/mol. The molecule has 1 N–H and O–H groups in total. The van der Waals surface area contributed by atoms with Crippen molar-refractivity contribution in [3.05, 3.63) is 17.5 Å². The van der Waals surface area contributed by atoms with Crippen molar-refractivity contribution < 1.29 is 4.79 Å². The van der Waals surface area contributed by atoms with Crippen LogP contribution in [0.25, 0.3) is 0 Å². The molecule has 0 aliphatic carbocycles. The highest BCUT2D eigenvalue weighted by Gasteiger charge is 2.23. The van der Waals surface area contributed by atoms with Gasteiger partial charge in [-0.25, -0.2) is 0 Å². The van der Waals surface area contributed by atoms with Crippen molar-refractivity contribution in [2.45, 2.75) is 32.9 Å². The monoisotopic (exact) mass is 308 g/mol. The number of amides is 1. The van der Waals surface area contributed by atoms with E-state index >= 15 is 0 Å². The van der Waals surface area contributed by atoms with Gasteiger partial charge in [0, 0.05) is 25.3 Å². The minimum Gasteiger partial charge on any atom is -0.340 e. The van der Waals surface area contributed by atoms with Crippen LogP contribution in [0.5, 0.6) is 0 Å². The molecule has 1 saturated heterocycles. The van der Waals surface area contributed by atoms with Gasteiger partial charge in [0.05, 0.1) is 5.69 Å². The summed E-state index contributed by atoms with van der Waals surface area (Å²) in [6.07, 6.45) is 1.04. The van der Waals surface area contributed by atoms with Gasteiger partial charge in [-0.05, 0) is 32.9 Å². The van der Waals surface area contributed by atoms with Gasteiger partial charge in [-0.15, -0.1) is 24.8 Å². The van der Waals surface area contributed by atoms with Gasteiger partial charge >= 0.3 is 0 Å². The number of aromatic nitrogens is 2. The molecule has 1 aliphatic rings. The highest BCUT2D eigenvalue weighted by Crippen LogP contribution is 2.08. The smallest absolute Gasteiger partial charge is 0.244 e. The molecule has 2 heterocycles. The van der Waals surface area contributed by atoms with E-state index < -0.39 is 0 Å². The quantitative estimate of drug-likeness (QED) is 0.912. The number of nitrogens with one attached hydrogen (secondary N) is 1. The molecular weight excluding hydrogens is 287 g/mol. The van der Waals surface area contributed by atoms with E-state index in [9.17, 15) is 4.79 Å². The van der Waals surface area contributed by atoms with E-state index in [0.717, 1.165) is 30.9 Å². The van der Waals surface area contributed by atoms with E-state index in [2.05, 4.69) is 10.4 Å². The van der Waals surface area contributed by atoms with Gasteiger partial charge in [0.2, 0.25) is 5.91 Å². The van der Waals surface area contributed by atoms with Crippen LogP contribution in [-0.2, 0) is 11.3 Å². The Hall–Kier alpha value is -0.780. The van der Waals surface area contributed by atoms with Crippen molar-refractivity contribution in [2.75, 3.05) is 20.1 Å². The van der Waals surface area contributed by atoms with Gasteiger partial charge in [-0.1, -0.05) is 0 Å². The van der Waals surface area contributed by atoms with Gasteiger partial charge in [0.25, 0.3) is 0 Å². The first-order valence-electron chi connectivity index (χ1n) is 6.05. The molecular formula is C12H22Cl2N4O. The molecule has 1 amide bonds. The van der Waals surface area contributed by atoms with Crippen LogP contribution in [-0.4, -0.2) is 46.8 Å². The number of hydrogen-bond acceptors (Lipinski definition) is 3. The van der Waals surface area contributed by atoms with Crippen molar-refractivity contribution in [3.8, 4) is 0 Å². The van der Waals surface area contributed by atoms with Crippen LogP contribution in [0, 0.1) is 13.8 Å². The fourth-order valence-electron chi connectivity index (χ4n) is 2.25. The van der Waals surface area contributed by atoms with Crippen LogP contribution in [0.15, 0.2) is 6.07 Å². The van der Waals surface area contributed by atoms with Crippen molar-refractivity contribution >= 4 is 30.7 Å². The molecule has 0 spiro atoms. The lowest BCUT2D eigenvalue weighted by Gasteiger charge is -2.23. The fraction of sp³-hybridized carbons (Fsp3) is 0.667. The third-order valence-electron chi connectivity index (χ3n) is 3.36. The highest BCUT2D eigenvalue weighted by atomic mass is 35.5. The van der Waals surface area contributed by atoms with Gasteiger partial charge in [0.1, 0.15) is 6.54 Å². The van der Waals surface area contributed by atoms with Crippen LogP contribution in [0.4, 0.5) is 0 Å². The van der Waals surface area contributed by atoms with Crippen LogP contribution >= 0.6 is 24.8 Å². The minimum atomic E-state index is 0. The molecule has 1 unspecified atom stereocenters. The Morgan fingerprint density at radius 2 is 2.21 bits per heavy atom. The highest BCUT2D eigenvalue weighted by molar-refractivity contribution is 5.85. The number of carbonyl (C=O) groups is 1. The van der Waals surface area contributed by atoms with Crippen LogP contribution < -0.4 is 5.32 Å². The summed E-state index contributed by atoms with van der Waals surface area (Å²) in [5.74, 6) is 0.130. The predicted molar refractivity (Wildman–Crippen MR) is 80.2 cm³/mol.